The highest BCUT2D eigenvalue weighted by atomic mass is 19.4. The number of hydrogen-bond acceptors (Lipinski definition) is 6. The minimum Gasteiger partial charge on any atom is -0.379 e. The molecule has 220 valence electrons. The predicted octanol–water partition coefficient (Wildman–Crippen LogP) is 4.49. The Bertz CT molecular complexity index is 1580. The van der Waals surface area contributed by atoms with Crippen molar-refractivity contribution in [2.24, 2.45) is 13.0 Å². The van der Waals surface area contributed by atoms with Crippen molar-refractivity contribution in [2.75, 3.05) is 31.2 Å². The van der Waals surface area contributed by atoms with Crippen molar-refractivity contribution in [1.29, 1.82) is 5.26 Å². The molecule has 13 heteroatoms. The number of halogens is 5. The number of alkyl halides is 5. The van der Waals surface area contributed by atoms with Gasteiger partial charge in [-0.15, -0.1) is 10.2 Å². The molecule has 0 saturated carbocycles. The summed E-state index contributed by atoms with van der Waals surface area (Å²) in [5.74, 6) is -4.51. The summed E-state index contributed by atoms with van der Waals surface area (Å²) < 4.78 is 78.1. The van der Waals surface area contributed by atoms with Crippen molar-refractivity contribution in [1.82, 2.24) is 19.7 Å². The first-order chi connectivity index (χ1) is 19.9. The van der Waals surface area contributed by atoms with E-state index in [2.05, 4.69) is 10.2 Å². The molecular formula is C29H27F5N6O2. The number of aryl methyl sites for hydroxylation is 1. The fourth-order valence-corrected chi connectivity index (χ4v) is 6.02. The number of likely N-dealkylation sites (tertiary alicyclic amines) is 1. The van der Waals surface area contributed by atoms with E-state index in [4.69, 9.17) is 10.00 Å². The van der Waals surface area contributed by atoms with Gasteiger partial charge in [-0.05, 0) is 41.0 Å². The van der Waals surface area contributed by atoms with Gasteiger partial charge in [0.2, 0.25) is 0 Å². The molecule has 0 N–H and O–H groups in total. The van der Waals surface area contributed by atoms with Crippen LogP contribution in [0.5, 0.6) is 0 Å². The minimum atomic E-state index is -4.73. The third-order valence-corrected chi connectivity index (χ3v) is 8.51. The molecule has 6 rings (SSSR count). The molecule has 0 spiro atoms. The summed E-state index contributed by atoms with van der Waals surface area (Å²) in [4.78, 5) is 16.5. The van der Waals surface area contributed by atoms with Crippen LogP contribution in [-0.2, 0) is 42.9 Å². The number of piperidine rings is 1. The van der Waals surface area contributed by atoms with Gasteiger partial charge in [-0.2, -0.15) is 18.4 Å². The van der Waals surface area contributed by atoms with Crippen LogP contribution in [0.2, 0.25) is 0 Å². The van der Waals surface area contributed by atoms with E-state index < -0.39 is 41.3 Å². The van der Waals surface area contributed by atoms with Gasteiger partial charge in [-0.25, -0.2) is 8.78 Å². The van der Waals surface area contributed by atoms with Crippen LogP contribution in [0.15, 0.2) is 42.7 Å². The monoisotopic (exact) mass is 586 g/mol. The average Bonchev–Trinajstić information content (AvgIpc) is 3.48. The van der Waals surface area contributed by atoms with Gasteiger partial charge in [-0.1, -0.05) is 12.1 Å². The minimum absolute atomic E-state index is 0.0647. The van der Waals surface area contributed by atoms with Gasteiger partial charge in [0.05, 0.1) is 31.4 Å². The standard InChI is InChI=1S/C29H27F5N6O2/c1-38-17-36-37-25(38)10-27(15-42-16-27)19-3-2-4-21(9-19)40-14-23-22(26(40)41)7-18(8-24(23)29(32,33)34)12-39-6-5-28(30,31)20(11-35)13-39/h2-4,7-9,17,20H,5-6,10,12-16H2,1H3/t20-/m0/s1. The second-order valence-corrected chi connectivity index (χ2v) is 11.3. The molecule has 0 aliphatic carbocycles. The molecule has 0 radical (unpaired) electrons. The summed E-state index contributed by atoms with van der Waals surface area (Å²) in [6.45, 7) is 0.164. The molecule has 1 aromatic heterocycles. The number of nitrogens with zero attached hydrogens (tertiary/aromatic N) is 6. The van der Waals surface area contributed by atoms with E-state index in [1.165, 1.54) is 15.9 Å². The summed E-state index contributed by atoms with van der Waals surface area (Å²) in [5, 5.41) is 17.3. The quantitative estimate of drug-likeness (QED) is 0.396. The molecule has 42 heavy (non-hydrogen) atoms. The van der Waals surface area contributed by atoms with Crippen molar-refractivity contribution < 1.29 is 31.5 Å². The summed E-state index contributed by atoms with van der Waals surface area (Å²) >= 11 is 0. The maximum atomic E-state index is 14.3. The predicted molar refractivity (Wildman–Crippen MR) is 140 cm³/mol. The second kappa shape index (κ2) is 10.1. The molecule has 3 aliphatic rings. The smallest absolute Gasteiger partial charge is 0.379 e. The normalized spacial score (nSPS) is 21.6. The Kier molecular flexibility index (Phi) is 6.81. The molecule has 8 nitrogen and oxygen atoms in total. The molecule has 2 fully saturated rings. The first-order valence-corrected chi connectivity index (χ1v) is 13.5. The summed E-state index contributed by atoms with van der Waals surface area (Å²) in [6.07, 6.45) is -3.15. The number of carbonyl (C=O) groups is 1. The van der Waals surface area contributed by atoms with E-state index in [0.29, 0.717) is 25.3 Å². The average molecular weight is 587 g/mol. The molecule has 3 aromatic rings. The Labute approximate surface area is 238 Å². The number of aromatic nitrogens is 3. The Balaban J connectivity index is 1.29. The number of nitriles is 1. The number of benzene rings is 2. The van der Waals surface area contributed by atoms with Crippen LogP contribution < -0.4 is 4.90 Å². The first kappa shape index (κ1) is 28.2. The molecular weight excluding hydrogens is 559 g/mol. The molecule has 3 aliphatic heterocycles. The fourth-order valence-electron chi connectivity index (χ4n) is 6.02. The first-order valence-electron chi connectivity index (χ1n) is 13.5. The van der Waals surface area contributed by atoms with E-state index >= 15 is 0 Å². The molecule has 0 bridgehead atoms. The van der Waals surface area contributed by atoms with E-state index in [0.717, 1.165) is 17.5 Å². The lowest BCUT2D eigenvalue weighted by atomic mass is 9.75. The zero-order valence-corrected chi connectivity index (χ0v) is 22.7. The van der Waals surface area contributed by atoms with Gasteiger partial charge >= 0.3 is 6.18 Å². The molecule has 1 amide bonds. The van der Waals surface area contributed by atoms with E-state index in [-0.39, 0.29) is 42.9 Å². The lowest BCUT2D eigenvalue weighted by Gasteiger charge is -2.42. The zero-order chi connectivity index (χ0) is 29.9. The number of amides is 1. The summed E-state index contributed by atoms with van der Waals surface area (Å²) in [5.41, 5.74) is -0.00361. The Hall–Kier alpha value is -3.89. The Morgan fingerprint density at radius 2 is 1.98 bits per heavy atom. The number of ether oxygens (including phenoxy) is 1. The highest BCUT2D eigenvalue weighted by Crippen LogP contribution is 2.42. The molecule has 2 saturated heterocycles. The SMILES string of the molecule is Cn1cnnc1CC1(c2cccc(N3Cc4c(cc(CN5CCC(F)(F)[C@@H](C#N)C5)cc4C(F)(F)F)C3=O)c2)COC1. The largest absolute Gasteiger partial charge is 0.416 e. The van der Waals surface area contributed by atoms with E-state index in [1.54, 1.807) is 24.5 Å². The zero-order valence-electron chi connectivity index (χ0n) is 22.7. The van der Waals surface area contributed by atoms with Crippen LogP contribution in [0.25, 0.3) is 0 Å². The van der Waals surface area contributed by atoms with Crippen LogP contribution in [0.4, 0.5) is 27.6 Å². The van der Waals surface area contributed by atoms with Crippen molar-refractivity contribution in [2.45, 2.75) is 43.4 Å². The number of fused-ring (bicyclic) bond motifs is 1. The van der Waals surface area contributed by atoms with Gasteiger partial charge < -0.3 is 14.2 Å². The van der Waals surface area contributed by atoms with Crippen LogP contribution in [0, 0.1) is 17.2 Å². The van der Waals surface area contributed by atoms with Gasteiger partial charge in [-0.3, -0.25) is 9.69 Å². The fraction of sp³-hybridized carbons (Fsp3) is 0.448. The number of hydrogen-bond donors (Lipinski definition) is 0. The van der Waals surface area contributed by atoms with Crippen molar-refractivity contribution in [3.63, 3.8) is 0 Å². The van der Waals surface area contributed by atoms with Crippen molar-refractivity contribution in [3.8, 4) is 6.07 Å². The van der Waals surface area contributed by atoms with Crippen LogP contribution in [-0.4, -0.2) is 57.8 Å². The van der Waals surface area contributed by atoms with Crippen LogP contribution in [0.3, 0.4) is 0 Å². The van der Waals surface area contributed by atoms with E-state index in [9.17, 15) is 26.7 Å². The maximum absolute atomic E-state index is 14.3. The van der Waals surface area contributed by atoms with Crippen molar-refractivity contribution in [3.05, 3.63) is 76.4 Å². The Morgan fingerprint density at radius 1 is 1.19 bits per heavy atom. The highest BCUT2D eigenvalue weighted by Gasteiger charge is 2.46. The molecule has 4 heterocycles. The van der Waals surface area contributed by atoms with Gasteiger partial charge in [0.25, 0.3) is 11.8 Å². The summed E-state index contributed by atoms with van der Waals surface area (Å²) in [6, 6.07) is 11.2. The van der Waals surface area contributed by atoms with Gasteiger partial charge in [0.15, 0.2) is 0 Å². The summed E-state index contributed by atoms with van der Waals surface area (Å²) in [7, 11) is 1.84. The van der Waals surface area contributed by atoms with Gasteiger partial charge in [0, 0.05) is 56.2 Å². The number of anilines is 1. The van der Waals surface area contributed by atoms with Gasteiger partial charge in [0.1, 0.15) is 18.1 Å². The van der Waals surface area contributed by atoms with E-state index in [1.807, 2.05) is 23.7 Å². The molecule has 1 atom stereocenters. The third kappa shape index (κ3) is 4.92. The number of rotatable bonds is 6. The lowest BCUT2D eigenvalue weighted by molar-refractivity contribution is -0.138. The van der Waals surface area contributed by atoms with Crippen molar-refractivity contribution >= 4 is 11.6 Å². The Morgan fingerprint density at radius 3 is 2.62 bits per heavy atom. The van der Waals surface area contributed by atoms with Crippen LogP contribution in [0.1, 0.15) is 44.9 Å². The third-order valence-electron chi connectivity index (χ3n) is 8.51. The molecule has 0 unspecified atom stereocenters. The highest BCUT2D eigenvalue weighted by molar-refractivity contribution is 6.10. The lowest BCUT2D eigenvalue weighted by Crippen LogP contribution is -2.49. The maximum Gasteiger partial charge on any atom is 0.416 e. The molecule has 2 aromatic carbocycles. The second-order valence-electron chi connectivity index (χ2n) is 11.3. The topological polar surface area (TPSA) is 87.3 Å². The number of carbonyl (C=O) groups excluding carboxylic acids is 1. The van der Waals surface area contributed by atoms with Crippen LogP contribution >= 0.6 is 0 Å².